The first-order chi connectivity index (χ1) is 17.0. The summed E-state index contributed by atoms with van der Waals surface area (Å²) in [6.07, 6.45) is -3.36. The minimum Gasteiger partial charge on any atom is -0.481 e. The molecule has 10 nitrogen and oxygen atoms in total. The van der Waals surface area contributed by atoms with Gasteiger partial charge in [-0.25, -0.2) is 13.2 Å². The van der Waals surface area contributed by atoms with Gasteiger partial charge in [-0.1, -0.05) is 24.6 Å². The van der Waals surface area contributed by atoms with Crippen molar-refractivity contribution in [3.05, 3.63) is 35.1 Å². The van der Waals surface area contributed by atoms with E-state index in [1.807, 2.05) is 0 Å². The van der Waals surface area contributed by atoms with Crippen LogP contribution in [0.4, 0.5) is 29.3 Å². The summed E-state index contributed by atoms with van der Waals surface area (Å²) in [6, 6.07) is 4.46. The molecule has 1 aliphatic heterocycles. The average molecular weight is 569 g/mol. The van der Waals surface area contributed by atoms with Crippen molar-refractivity contribution in [2.75, 3.05) is 16.2 Å². The molecular weight excluding hydrogens is 541 g/mol. The van der Waals surface area contributed by atoms with Crippen molar-refractivity contribution in [2.24, 2.45) is 0 Å². The van der Waals surface area contributed by atoms with Crippen molar-refractivity contribution in [3.8, 4) is 0 Å². The van der Waals surface area contributed by atoms with Gasteiger partial charge in [0.25, 0.3) is 10.0 Å². The molecule has 206 valence electrons. The van der Waals surface area contributed by atoms with Crippen LogP contribution in [0.25, 0.3) is 0 Å². The molecule has 1 aromatic heterocycles. The van der Waals surface area contributed by atoms with Crippen molar-refractivity contribution < 1.29 is 41.0 Å². The number of nitrogens with one attached hydrogen (secondary N) is 1. The second-order valence-electron chi connectivity index (χ2n) is 8.43. The van der Waals surface area contributed by atoms with Gasteiger partial charge in [0.1, 0.15) is 4.90 Å². The van der Waals surface area contributed by atoms with Gasteiger partial charge in [0.05, 0.1) is 5.69 Å². The number of alkyl halides is 3. The molecule has 0 radical (unpaired) electrons. The predicted octanol–water partition coefficient (Wildman–Crippen LogP) is 5.07. The van der Waals surface area contributed by atoms with Crippen LogP contribution in [0.2, 0.25) is 5.15 Å². The van der Waals surface area contributed by atoms with E-state index in [1.165, 1.54) is 23.0 Å². The zero-order valence-corrected chi connectivity index (χ0v) is 22.2. The van der Waals surface area contributed by atoms with Gasteiger partial charge in [-0.3, -0.25) is 19.1 Å². The minimum absolute atomic E-state index is 0.0872. The largest absolute Gasteiger partial charge is 0.481 e. The SMILES string of the molecule is CCC(=O)O.CCn1cc(S(=O)(=O)N2CCCc3ccc(NC(=O)OC(C)(C)C(F)(F)F)cc32)c(Cl)n1. The lowest BCUT2D eigenvalue weighted by atomic mass is 10.0. The van der Waals surface area contributed by atoms with E-state index in [-0.39, 0.29) is 28.7 Å². The van der Waals surface area contributed by atoms with Gasteiger partial charge in [-0.2, -0.15) is 18.3 Å². The van der Waals surface area contributed by atoms with Crippen LogP contribution >= 0.6 is 11.6 Å². The van der Waals surface area contributed by atoms with Crippen LogP contribution < -0.4 is 9.62 Å². The molecule has 2 heterocycles. The number of carboxylic acid groups (broad SMARTS) is 1. The summed E-state index contributed by atoms with van der Waals surface area (Å²) in [7, 11) is -4.06. The number of aliphatic carboxylic acids is 1. The number of amides is 1. The smallest absolute Gasteiger partial charge is 0.427 e. The lowest BCUT2D eigenvalue weighted by Crippen LogP contribution is -2.44. The van der Waals surface area contributed by atoms with Gasteiger partial charge in [-0.05, 0) is 51.3 Å². The molecule has 2 N–H and O–H groups in total. The maximum atomic E-state index is 13.3. The highest BCUT2D eigenvalue weighted by atomic mass is 35.5. The first-order valence-electron chi connectivity index (χ1n) is 11.2. The second-order valence-corrected chi connectivity index (χ2v) is 10.6. The summed E-state index contributed by atoms with van der Waals surface area (Å²) in [5, 5.41) is 13.8. The highest BCUT2D eigenvalue weighted by molar-refractivity contribution is 7.93. The molecule has 0 unspecified atom stereocenters. The Hall–Kier alpha value is -3.00. The second kappa shape index (κ2) is 11.6. The summed E-state index contributed by atoms with van der Waals surface area (Å²) in [5.41, 5.74) is -1.61. The van der Waals surface area contributed by atoms with E-state index in [0.29, 0.717) is 30.6 Å². The number of hydrogen-bond donors (Lipinski definition) is 2. The lowest BCUT2D eigenvalue weighted by Gasteiger charge is -2.31. The Morgan fingerprint density at radius 1 is 1.24 bits per heavy atom. The first-order valence-corrected chi connectivity index (χ1v) is 13.0. The number of nitrogens with zero attached hydrogens (tertiary/aromatic N) is 3. The molecule has 0 fully saturated rings. The predicted molar refractivity (Wildman–Crippen MR) is 130 cm³/mol. The van der Waals surface area contributed by atoms with Gasteiger partial charge in [0, 0.05) is 31.4 Å². The maximum Gasteiger partial charge on any atom is 0.427 e. The number of fused-ring (bicyclic) bond motifs is 1. The lowest BCUT2D eigenvalue weighted by molar-refractivity contribution is -0.242. The highest BCUT2D eigenvalue weighted by Gasteiger charge is 2.51. The summed E-state index contributed by atoms with van der Waals surface area (Å²) in [4.78, 5) is 21.2. The molecule has 0 spiro atoms. The molecule has 3 rings (SSSR count). The monoisotopic (exact) mass is 568 g/mol. The van der Waals surface area contributed by atoms with Crippen LogP contribution in [-0.2, 0) is 32.5 Å². The highest BCUT2D eigenvalue weighted by Crippen LogP contribution is 2.36. The van der Waals surface area contributed by atoms with Crippen LogP contribution in [0.1, 0.15) is 46.1 Å². The number of aryl methyl sites for hydroxylation is 2. The van der Waals surface area contributed by atoms with E-state index >= 15 is 0 Å². The normalized spacial score (nSPS) is 13.8. The van der Waals surface area contributed by atoms with E-state index < -0.39 is 33.9 Å². The van der Waals surface area contributed by atoms with Crippen LogP contribution in [-0.4, -0.2) is 53.7 Å². The standard InChI is InChI=1S/C19H22ClF3N4O4S.C3H6O2/c1-4-26-11-15(16(20)25-26)32(29,30)27-9-5-6-12-7-8-13(10-14(12)27)24-17(28)31-18(2,3)19(21,22)23;1-2-3(4)5/h7-8,10-11H,4-6,9H2,1-3H3,(H,24,28);2H2,1H3,(H,4,5). The first kappa shape index (κ1) is 30.2. The summed E-state index contributed by atoms with van der Waals surface area (Å²) in [6.45, 7) is 5.44. The number of hydrogen-bond acceptors (Lipinski definition) is 6. The fraction of sp³-hybridized carbons (Fsp3) is 0.500. The van der Waals surface area contributed by atoms with Gasteiger partial charge >= 0.3 is 18.2 Å². The van der Waals surface area contributed by atoms with E-state index in [2.05, 4.69) is 15.2 Å². The number of aromatic nitrogens is 2. The Bertz CT molecular complexity index is 1250. The molecule has 2 aromatic rings. The van der Waals surface area contributed by atoms with E-state index in [4.69, 9.17) is 16.7 Å². The molecule has 1 aromatic carbocycles. The number of rotatable bonds is 6. The molecule has 0 saturated carbocycles. The molecule has 37 heavy (non-hydrogen) atoms. The molecule has 1 amide bonds. The molecule has 0 atom stereocenters. The fourth-order valence-corrected chi connectivity index (χ4v) is 5.12. The molecule has 0 aliphatic carbocycles. The van der Waals surface area contributed by atoms with Crippen molar-refractivity contribution in [3.63, 3.8) is 0 Å². The van der Waals surface area contributed by atoms with Crippen LogP contribution in [0.3, 0.4) is 0 Å². The van der Waals surface area contributed by atoms with Crippen molar-refractivity contribution >= 4 is 45.1 Å². The van der Waals surface area contributed by atoms with Crippen molar-refractivity contribution in [1.29, 1.82) is 0 Å². The Morgan fingerprint density at radius 3 is 2.38 bits per heavy atom. The molecule has 0 saturated heterocycles. The van der Waals surface area contributed by atoms with Gasteiger partial charge < -0.3 is 9.84 Å². The number of halogens is 4. The third-order valence-corrected chi connectivity index (χ3v) is 7.52. The van der Waals surface area contributed by atoms with E-state index in [0.717, 1.165) is 18.2 Å². The Kier molecular flexibility index (Phi) is 9.47. The van der Waals surface area contributed by atoms with Crippen LogP contribution in [0, 0.1) is 0 Å². The van der Waals surface area contributed by atoms with Crippen LogP contribution in [0.5, 0.6) is 0 Å². The number of sulfonamides is 1. The average Bonchev–Trinajstić information content (AvgIpc) is 3.19. The zero-order valence-electron chi connectivity index (χ0n) is 20.6. The zero-order chi connectivity index (χ0) is 28.2. The van der Waals surface area contributed by atoms with E-state index in [1.54, 1.807) is 19.9 Å². The van der Waals surface area contributed by atoms with Gasteiger partial charge in [0.15, 0.2) is 5.15 Å². The summed E-state index contributed by atoms with van der Waals surface area (Å²) < 4.78 is 72.5. The molecular formula is C22H28ClF3N4O6S. The van der Waals surface area contributed by atoms with Crippen LogP contribution in [0.15, 0.2) is 29.3 Å². The van der Waals surface area contributed by atoms with Crippen molar-refractivity contribution in [2.45, 2.75) is 70.2 Å². The number of carboxylic acids is 1. The Labute approximate surface area is 217 Å². The Morgan fingerprint density at radius 2 is 1.86 bits per heavy atom. The maximum absolute atomic E-state index is 13.3. The fourth-order valence-electron chi connectivity index (χ4n) is 3.13. The van der Waals surface area contributed by atoms with Crippen molar-refractivity contribution in [1.82, 2.24) is 9.78 Å². The molecule has 15 heteroatoms. The van der Waals surface area contributed by atoms with Gasteiger partial charge in [0.2, 0.25) is 5.60 Å². The molecule has 0 bridgehead atoms. The van der Waals surface area contributed by atoms with E-state index in [9.17, 15) is 31.2 Å². The number of carbonyl (C=O) groups excluding carboxylic acids is 1. The molecule has 1 aliphatic rings. The third kappa shape index (κ3) is 7.28. The Balaban J connectivity index is 0.000000877. The number of anilines is 2. The number of ether oxygens (including phenoxy) is 1. The number of carbonyl (C=O) groups is 2. The number of benzene rings is 1. The summed E-state index contributed by atoms with van der Waals surface area (Å²) >= 11 is 6.05. The topological polar surface area (TPSA) is 131 Å². The third-order valence-electron chi connectivity index (χ3n) is 5.32. The summed E-state index contributed by atoms with van der Waals surface area (Å²) in [5.74, 6) is -0.745. The quantitative estimate of drug-likeness (QED) is 0.497. The minimum atomic E-state index is -4.76. The van der Waals surface area contributed by atoms with Gasteiger partial charge in [-0.15, -0.1) is 0 Å².